The van der Waals surface area contributed by atoms with Crippen molar-refractivity contribution in [1.29, 1.82) is 0 Å². The van der Waals surface area contributed by atoms with Crippen molar-refractivity contribution in [1.82, 2.24) is 0 Å². The third-order valence-corrected chi connectivity index (χ3v) is 4.81. The molecule has 3 rings (SSSR count). The van der Waals surface area contributed by atoms with Gasteiger partial charge in [0.25, 0.3) is 0 Å². The molecule has 0 aromatic heterocycles. The first kappa shape index (κ1) is 22.8. The first-order chi connectivity index (χ1) is 13.0. The summed E-state index contributed by atoms with van der Waals surface area (Å²) in [5.74, 6) is -0.553. The number of fused-ring (bicyclic) bond motifs is 1. The van der Waals surface area contributed by atoms with Crippen molar-refractivity contribution in [3.8, 4) is 5.75 Å². The Morgan fingerprint density at radius 2 is 2.11 bits per heavy atom. The van der Waals surface area contributed by atoms with Gasteiger partial charge in [-0.15, -0.1) is 0 Å². The monoisotopic (exact) mass is 411 g/mol. The Morgan fingerprint density at radius 3 is 2.82 bits per heavy atom. The van der Waals surface area contributed by atoms with E-state index in [-0.39, 0.29) is 41.7 Å². The van der Waals surface area contributed by atoms with Crippen LogP contribution in [0.3, 0.4) is 0 Å². The number of carboxylic acids is 1. The minimum atomic E-state index is -1.16. The van der Waals surface area contributed by atoms with Crippen LogP contribution in [0.1, 0.15) is 27.9 Å². The van der Waals surface area contributed by atoms with Crippen molar-refractivity contribution in [3.63, 3.8) is 0 Å². The quantitative estimate of drug-likeness (QED) is 0.493. The number of carbonyl (C=O) groups excluding carboxylic acids is 1. The molecule has 142 valence electrons. The van der Waals surface area contributed by atoms with Gasteiger partial charge in [-0.25, -0.2) is 4.39 Å². The summed E-state index contributed by atoms with van der Waals surface area (Å²) < 4.78 is 18.3. The van der Waals surface area contributed by atoms with Gasteiger partial charge in [0.05, 0.1) is 5.97 Å². The molecule has 0 bridgehead atoms. The van der Waals surface area contributed by atoms with Gasteiger partial charge in [0.2, 0.25) is 0 Å². The molecule has 1 heterocycles. The SMILES string of the molecule is C=C(CF)COc1ccc(Cl)cc1CN1CCCc2c(C(=O)[O-])cccc21.[Na+]. The van der Waals surface area contributed by atoms with Crippen LogP contribution >= 0.6 is 11.6 Å². The standard InChI is InChI=1S/C21H21ClFNO3.Na/c1-14(11-23)13-27-20-8-7-16(22)10-15(20)12-24-9-3-5-17-18(21(25)26)4-2-6-19(17)24;/h2,4,6-8,10H,1,3,5,9,11-13H2,(H,25,26);/q;+1/p-1. The van der Waals surface area contributed by atoms with Crippen LogP contribution in [0.25, 0.3) is 0 Å². The van der Waals surface area contributed by atoms with E-state index in [1.807, 2.05) is 12.1 Å². The number of carbonyl (C=O) groups is 1. The predicted molar refractivity (Wildman–Crippen MR) is 102 cm³/mol. The van der Waals surface area contributed by atoms with E-state index in [1.165, 1.54) is 0 Å². The van der Waals surface area contributed by atoms with Crippen LogP contribution in [0.2, 0.25) is 5.02 Å². The maximum absolute atomic E-state index is 12.6. The molecular weight excluding hydrogens is 392 g/mol. The largest absolute Gasteiger partial charge is 1.00 e. The van der Waals surface area contributed by atoms with E-state index in [2.05, 4.69) is 11.5 Å². The molecule has 0 atom stereocenters. The molecule has 0 saturated carbocycles. The van der Waals surface area contributed by atoms with Gasteiger partial charge in [0.15, 0.2) is 0 Å². The maximum Gasteiger partial charge on any atom is 1.00 e. The Morgan fingerprint density at radius 1 is 1.32 bits per heavy atom. The fourth-order valence-electron chi connectivity index (χ4n) is 3.29. The molecule has 2 aromatic rings. The minimum absolute atomic E-state index is 0. The van der Waals surface area contributed by atoms with Gasteiger partial charge < -0.3 is 19.5 Å². The van der Waals surface area contributed by atoms with Crippen molar-refractivity contribution in [2.45, 2.75) is 19.4 Å². The zero-order valence-corrected chi connectivity index (χ0v) is 18.6. The molecule has 28 heavy (non-hydrogen) atoms. The molecule has 0 saturated heterocycles. The number of ether oxygens (including phenoxy) is 1. The smallest absolute Gasteiger partial charge is 0.545 e. The predicted octanol–water partition coefficient (Wildman–Crippen LogP) is 0.565. The molecule has 4 nitrogen and oxygen atoms in total. The second kappa shape index (κ2) is 10.3. The van der Waals surface area contributed by atoms with Gasteiger partial charge in [0, 0.05) is 34.9 Å². The summed E-state index contributed by atoms with van der Waals surface area (Å²) in [6, 6.07) is 10.5. The normalized spacial score (nSPS) is 12.7. The van der Waals surface area contributed by atoms with Crippen LogP contribution in [-0.4, -0.2) is 25.8 Å². The number of benzene rings is 2. The first-order valence-corrected chi connectivity index (χ1v) is 9.09. The Labute approximate surface area is 191 Å². The van der Waals surface area contributed by atoms with E-state index in [0.717, 1.165) is 29.8 Å². The summed E-state index contributed by atoms with van der Waals surface area (Å²) in [7, 11) is 0. The molecule has 2 aromatic carbocycles. The number of alkyl halides is 1. The topological polar surface area (TPSA) is 52.6 Å². The maximum atomic E-state index is 12.6. The van der Waals surface area contributed by atoms with Crippen LogP contribution in [-0.2, 0) is 13.0 Å². The third-order valence-electron chi connectivity index (χ3n) is 4.57. The second-order valence-electron chi connectivity index (χ2n) is 6.54. The van der Waals surface area contributed by atoms with Crippen molar-refractivity contribution < 1.29 is 48.6 Å². The molecule has 0 radical (unpaired) electrons. The van der Waals surface area contributed by atoms with Crippen molar-refractivity contribution in [3.05, 3.63) is 70.3 Å². The Balaban J connectivity index is 0.00000280. The van der Waals surface area contributed by atoms with Gasteiger partial charge in [-0.05, 0) is 48.2 Å². The van der Waals surface area contributed by atoms with Gasteiger partial charge in [-0.2, -0.15) is 0 Å². The molecule has 1 aliphatic rings. The van der Waals surface area contributed by atoms with Gasteiger partial charge in [0.1, 0.15) is 19.0 Å². The summed E-state index contributed by atoms with van der Waals surface area (Å²) in [6.07, 6.45) is 1.54. The van der Waals surface area contributed by atoms with Crippen LogP contribution < -0.4 is 44.3 Å². The van der Waals surface area contributed by atoms with Crippen LogP contribution in [0, 0.1) is 0 Å². The summed E-state index contributed by atoms with van der Waals surface area (Å²) in [5.41, 5.74) is 3.11. The van der Waals surface area contributed by atoms with E-state index in [1.54, 1.807) is 24.3 Å². The zero-order chi connectivity index (χ0) is 19.4. The molecule has 0 fully saturated rings. The van der Waals surface area contributed by atoms with Gasteiger partial charge in [-0.1, -0.05) is 30.3 Å². The number of nitrogens with zero attached hydrogens (tertiary/aromatic N) is 1. The molecule has 1 aliphatic heterocycles. The number of hydrogen-bond donors (Lipinski definition) is 0. The summed E-state index contributed by atoms with van der Waals surface area (Å²) in [4.78, 5) is 13.5. The van der Waals surface area contributed by atoms with Crippen molar-refractivity contribution in [2.75, 3.05) is 24.7 Å². The molecular formula is C21H20ClFNNaO3. The second-order valence-corrected chi connectivity index (χ2v) is 6.98. The Hall–Kier alpha value is -1.53. The molecule has 0 amide bonds. The number of carboxylic acid groups (broad SMARTS) is 1. The molecule has 7 heteroatoms. The number of hydrogen-bond acceptors (Lipinski definition) is 4. The van der Waals surface area contributed by atoms with E-state index >= 15 is 0 Å². The number of anilines is 1. The van der Waals surface area contributed by atoms with Gasteiger partial charge in [-0.3, -0.25) is 0 Å². The number of halogens is 2. The molecule has 0 aliphatic carbocycles. The minimum Gasteiger partial charge on any atom is -0.545 e. The molecule has 0 spiro atoms. The Bertz CT molecular complexity index is 875. The average molecular weight is 412 g/mol. The average Bonchev–Trinajstić information content (AvgIpc) is 2.66. The van der Waals surface area contributed by atoms with Crippen LogP contribution in [0.4, 0.5) is 10.1 Å². The summed E-state index contributed by atoms with van der Waals surface area (Å²) in [5, 5.41) is 12.0. The van der Waals surface area contributed by atoms with Crippen molar-refractivity contribution >= 4 is 23.3 Å². The fraction of sp³-hybridized carbons (Fsp3) is 0.286. The molecule has 0 unspecified atom stereocenters. The van der Waals surface area contributed by atoms with Crippen LogP contribution in [0.15, 0.2) is 48.6 Å². The fourth-order valence-corrected chi connectivity index (χ4v) is 3.49. The van der Waals surface area contributed by atoms with E-state index < -0.39 is 12.6 Å². The van der Waals surface area contributed by atoms with Crippen LogP contribution in [0.5, 0.6) is 5.75 Å². The van der Waals surface area contributed by atoms with Crippen molar-refractivity contribution in [2.24, 2.45) is 0 Å². The summed E-state index contributed by atoms with van der Waals surface area (Å²) >= 11 is 6.15. The Kier molecular flexibility index (Phi) is 8.38. The van der Waals surface area contributed by atoms with Gasteiger partial charge >= 0.3 is 29.6 Å². The summed E-state index contributed by atoms with van der Waals surface area (Å²) in [6.45, 7) is 4.36. The molecule has 0 N–H and O–H groups in total. The number of rotatable bonds is 7. The first-order valence-electron chi connectivity index (χ1n) is 8.71. The number of aromatic carboxylic acids is 1. The van der Waals surface area contributed by atoms with E-state index in [0.29, 0.717) is 29.3 Å². The van der Waals surface area contributed by atoms with E-state index in [4.69, 9.17) is 16.3 Å². The van der Waals surface area contributed by atoms with E-state index in [9.17, 15) is 14.3 Å². The zero-order valence-electron chi connectivity index (χ0n) is 15.8. The third kappa shape index (κ3) is 5.29.